The summed E-state index contributed by atoms with van der Waals surface area (Å²) in [7, 11) is -4.31. The van der Waals surface area contributed by atoms with Gasteiger partial charge in [-0.25, -0.2) is 18.1 Å². The molecule has 1 unspecified atom stereocenters. The van der Waals surface area contributed by atoms with Gasteiger partial charge in [0.15, 0.2) is 12.2 Å². The maximum absolute atomic E-state index is 15.5. The minimum absolute atomic E-state index is 0.00532. The summed E-state index contributed by atoms with van der Waals surface area (Å²) < 4.78 is 83.4. The molecular formula is C33H46F2N3O10P. The molecule has 0 aliphatic carbocycles. The molecule has 16 heteroatoms. The molecule has 1 aromatic carbocycles. The van der Waals surface area contributed by atoms with Gasteiger partial charge in [-0.1, -0.05) is 6.08 Å². The molecule has 0 spiro atoms. The first-order chi connectivity index (χ1) is 22.6. The maximum atomic E-state index is 15.5. The molecule has 49 heavy (non-hydrogen) atoms. The van der Waals surface area contributed by atoms with Crippen molar-refractivity contribution in [2.45, 2.75) is 97.7 Å². The summed E-state index contributed by atoms with van der Waals surface area (Å²) in [6, 6.07) is 3.62. The molecule has 4 rings (SSSR count). The van der Waals surface area contributed by atoms with E-state index in [-0.39, 0.29) is 56.4 Å². The number of rotatable bonds is 12. The second-order valence-corrected chi connectivity index (χ2v) is 16.2. The van der Waals surface area contributed by atoms with Crippen molar-refractivity contribution in [1.29, 1.82) is 0 Å². The van der Waals surface area contributed by atoms with E-state index in [2.05, 4.69) is 5.16 Å². The first-order valence-corrected chi connectivity index (χ1v) is 17.4. The van der Waals surface area contributed by atoms with Gasteiger partial charge in [-0.15, -0.1) is 0 Å². The number of carbonyl (C=O) groups excluding carboxylic acids is 2. The number of nitrogens with zero attached hydrogens (tertiary/aromatic N) is 3. The number of hydrogen-bond donors (Lipinski definition) is 0. The van der Waals surface area contributed by atoms with Gasteiger partial charge in [0.05, 0.1) is 35.6 Å². The topological polar surface area (TPSA) is 139 Å². The predicted octanol–water partition coefficient (Wildman–Crippen LogP) is 6.91. The normalized spacial score (nSPS) is 18.4. The molecule has 1 aromatic heterocycles. The molecule has 2 aromatic rings. The van der Waals surface area contributed by atoms with Crippen LogP contribution in [0, 0.1) is 11.6 Å². The van der Waals surface area contributed by atoms with Crippen molar-refractivity contribution >= 4 is 31.1 Å². The lowest BCUT2D eigenvalue weighted by Crippen LogP contribution is -2.45. The summed E-state index contributed by atoms with van der Waals surface area (Å²) in [5, 5.41) is 3.62. The Bertz CT molecular complexity index is 1520. The van der Waals surface area contributed by atoms with Gasteiger partial charge in [0, 0.05) is 24.7 Å². The highest BCUT2D eigenvalue weighted by atomic mass is 31.2. The maximum Gasteiger partial charge on any atom is 0.476 e. The molecule has 0 bridgehead atoms. The number of ether oxygens (including phenoxy) is 3. The van der Waals surface area contributed by atoms with Gasteiger partial charge in [-0.2, -0.15) is 0 Å². The number of benzene rings is 1. The van der Waals surface area contributed by atoms with Gasteiger partial charge >= 0.3 is 13.9 Å². The molecule has 272 valence electrons. The van der Waals surface area contributed by atoms with Crippen molar-refractivity contribution in [2.24, 2.45) is 0 Å². The number of anilines is 1. The molecule has 2 amide bonds. The van der Waals surface area contributed by atoms with E-state index in [0.29, 0.717) is 5.57 Å². The zero-order valence-corrected chi connectivity index (χ0v) is 30.3. The average molecular weight is 714 g/mol. The van der Waals surface area contributed by atoms with Gasteiger partial charge in [-0.3, -0.25) is 23.3 Å². The molecule has 0 N–H and O–H groups in total. The van der Waals surface area contributed by atoms with Crippen molar-refractivity contribution in [3.8, 4) is 5.88 Å². The molecule has 0 saturated carbocycles. The van der Waals surface area contributed by atoms with Crippen molar-refractivity contribution in [2.75, 3.05) is 37.7 Å². The number of cyclic esters (lactones) is 1. The number of carbonyl (C=O) groups is 2. The van der Waals surface area contributed by atoms with Crippen LogP contribution in [-0.2, 0) is 32.4 Å². The van der Waals surface area contributed by atoms with Crippen LogP contribution >= 0.6 is 7.82 Å². The van der Waals surface area contributed by atoms with Crippen LogP contribution in [0.2, 0.25) is 0 Å². The van der Waals surface area contributed by atoms with E-state index >= 15 is 8.78 Å². The van der Waals surface area contributed by atoms with E-state index < -0.39 is 60.5 Å². The molecule has 2 aliphatic rings. The Morgan fingerprint density at radius 2 is 1.67 bits per heavy atom. The van der Waals surface area contributed by atoms with Crippen molar-refractivity contribution < 1.29 is 55.2 Å². The van der Waals surface area contributed by atoms with Gasteiger partial charge in [0.2, 0.25) is 0 Å². The third kappa shape index (κ3) is 11.1. The fourth-order valence-electron chi connectivity index (χ4n) is 4.96. The highest BCUT2D eigenvalue weighted by Crippen LogP contribution is 2.56. The largest absolute Gasteiger partial charge is 0.476 e. The lowest BCUT2D eigenvalue weighted by molar-refractivity contribution is -0.147. The molecular weight excluding hydrogens is 667 g/mol. The van der Waals surface area contributed by atoms with Crippen LogP contribution in [0.5, 0.6) is 5.88 Å². The van der Waals surface area contributed by atoms with Crippen LogP contribution in [0.15, 0.2) is 35.1 Å². The fourth-order valence-corrected chi connectivity index (χ4v) is 6.88. The number of phosphoric ester groups is 1. The van der Waals surface area contributed by atoms with Crippen molar-refractivity contribution in [3.05, 3.63) is 47.7 Å². The highest BCUT2D eigenvalue weighted by molar-refractivity contribution is 7.48. The Labute approximate surface area is 285 Å². The van der Waals surface area contributed by atoms with Crippen LogP contribution in [0.3, 0.4) is 0 Å². The number of amides is 2. The smallest absolute Gasteiger partial charge is 0.471 e. The van der Waals surface area contributed by atoms with Gasteiger partial charge in [0.25, 0.3) is 11.8 Å². The highest BCUT2D eigenvalue weighted by Gasteiger charge is 2.43. The minimum atomic E-state index is -4.31. The van der Waals surface area contributed by atoms with Gasteiger partial charge in [-0.05, 0) is 91.6 Å². The monoisotopic (exact) mass is 713 g/mol. The molecule has 1 fully saturated rings. The van der Waals surface area contributed by atoms with Crippen LogP contribution < -0.4 is 9.64 Å². The zero-order chi connectivity index (χ0) is 36.4. The number of aromatic nitrogens is 1. The molecule has 0 radical (unpaired) electrons. The Balaban J connectivity index is 1.48. The van der Waals surface area contributed by atoms with Gasteiger partial charge in [0.1, 0.15) is 24.5 Å². The fraction of sp³-hybridized carbons (Fsp3) is 0.606. The van der Waals surface area contributed by atoms with Gasteiger partial charge < -0.3 is 23.6 Å². The Hall–Kier alpha value is -3.36. The Morgan fingerprint density at radius 3 is 2.18 bits per heavy atom. The second kappa shape index (κ2) is 14.9. The summed E-state index contributed by atoms with van der Waals surface area (Å²) >= 11 is 0. The van der Waals surface area contributed by atoms with Crippen LogP contribution in [-0.4, -0.2) is 83.9 Å². The van der Waals surface area contributed by atoms with E-state index in [1.807, 2.05) is 0 Å². The Morgan fingerprint density at radius 1 is 1.04 bits per heavy atom. The number of phosphoric acid groups is 1. The van der Waals surface area contributed by atoms with Crippen molar-refractivity contribution in [3.63, 3.8) is 0 Å². The summed E-state index contributed by atoms with van der Waals surface area (Å²) in [6.45, 7) is 15.3. The molecule has 3 heterocycles. The van der Waals surface area contributed by atoms with Crippen LogP contribution in [0.4, 0.5) is 19.3 Å². The molecule has 1 saturated heterocycles. The average Bonchev–Trinajstić information content (AvgIpc) is 3.60. The SMILES string of the molecule is CC(C)(C)OC[C@H](OP(=O)(OC(C)(C)C)OC(C)(C)C)C(=O)N1CC=C(c2c(F)cc(N3CC(COc4ccon4)OC3=O)cc2F)CC1. The molecule has 2 atom stereocenters. The summed E-state index contributed by atoms with van der Waals surface area (Å²) in [5.74, 6) is -2.10. The third-order valence-corrected chi connectivity index (χ3v) is 8.91. The Kier molecular flexibility index (Phi) is 11.7. The van der Waals surface area contributed by atoms with E-state index in [4.69, 9.17) is 32.3 Å². The lowest BCUT2D eigenvalue weighted by Gasteiger charge is -2.35. The van der Waals surface area contributed by atoms with Crippen LogP contribution in [0.1, 0.15) is 74.3 Å². The van der Waals surface area contributed by atoms with Crippen LogP contribution in [0.25, 0.3) is 5.57 Å². The van der Waals surface area contributed by atoms with E-state index in [1.54, 1.807) is 68.4 Å². The first kappa shape index (κ1) is 38.4. The number of hydrogen-bond acceptors (Lipinski definition) is 11. The third-order valence-electron chi connectivity index (χ3n) is 6.86. The summed E-state index contributed by atoms with van der Waals surface area (Å²) in [6.07, 6.45) is 0.131. The van der Waals surface area contributed by atoms with E-state index in [0.717, 1.165) is 17.0 Å². The van der Waals surface area contributed by atoms with E-state index in [9.17, 15) is 14.2 Å². The lowest BCUT2D eigenvalue weighted by atomic mass is 9.97. The molecule has 13 nitrogen and oxygen atoms in total. The summed E-state index contributed by atoms with van der Waals surface area (Å²) in [4.78, 5) is 28.9. The van der Waals surface area contributed by atoms with Crippen molar-refractivity contribution in [1.82, 2.24) is 10.1 Å². The zero-order valence-electron chi connectivity index (χ0n) is 29.4. The predicted molar refractivity (Wildman–Crippen MR) is 175 cm³/mol. The quantitative estimate of drug-likeness (QED) is 0.212. The van der Waals surface area contributed by atoms with E-state index in [1.165, 1.54) is 17.2 Å². The number of halogens is 2. The molecule has 2 aliphatic heterocycles. The second-order valence-electron chi connectivity index (χ2n) is 14.7. The minimum Gasteiger partial charge on any atom is -0.471 e. The standard InChI is InChI=1S/C33H46F2N3O10P/c1-31(2,3)43-20-26(46-49(41,47-32(4,5)6)48-33(7,8)9)29(39)37-13-10-21(11-14-37)28-24(34)16-22(17-25(28)35)38-18-23(45-30(38)40)19-42-27-12-15-44-36-27/h10,12,15-17,23,26H,11,13-14,18-20H2,1-9H3/t23?,26-/m0/s1. The first-order valence-electron chi connectivity index (χ1n) is 15.9. The summed E-state index contributed by atoms with van der Waals surface area (Å²) in [5.41, 5.74) is -2.46.